The molecule has 1 fully saturated rings. The van der Waals surface area contributed by atoms with Gasteiger partial charge in [0.2, 0.25) is 0 Å². The fraction of sp³-hybridized carbons (Fsp3) is 0.538. The summed E-state index contributed by atoms with van der Waals surface area (Å²) < 4.78 is 13.5. The van der Waals surface area contributed by atoms with E-state index in [9.17, 15) is 14.5 Å². The van der Waals surface area contributed by atoms with E-state index in [-0.39, 0.29) is 11.2 Å². The highest BCUT2D eigenvalue weighted by atomic mass is 19.1. The molecule has 0 unspecified atom stereocenters. The van der Waals surface area contributed by atoms with Crippen LogP contribution in [-0.2, 0) is 0 Å². The number of aryl methyl sites for hydroxylation is 1. The quantitative estimate of drug-likeness (QED) is 0.649. The van der Waals surface area contributed by atoms with Gasteiger partial charge in [0.15, 0.2) is 0 Å². The van der Waals surface area contributed by atoms with Crippen LogP contribution >= 0.6 is 0 Å². The second-order valence-corrected chi connectivity index (χ2v) is 5.19. The number of anilines is 1. The van der Waals surface area contributed by atoms with Gasteiger partial charge in [-0.05, 0) is 31.4 Å². The number of nitrogens with one attached hydrogen (secondary N) is 1. The number of halogens is 1. The molecule has 1 aliphatic rings. The fourth-order valence-corrected chi connectivity index (χ4v) is 2.64. The maximum atomic E-state index is 13.5. The minimum atomic E-state index is -0.565. The van der Waals surface area contributed by atoms with Gasteiger partial charge in [-0.3, -0.25) is 10.1 Å². The monoisotopic (exact) mass is 267 g/mol. The van der Waals surface area contributed by atoms with Crippen molar-refractivity contribution in [1.29, 1.82) is 0 Å². The molecule has 19 heavy (non-hydrogen) atoms. The summed E-state index contributed by atoms with van der Waals surface area (Å²) in [4.78, 5) is 10.5. The molecule has 5 nitrogen and oxygen atoms in total. The third kappa shape index (κ3) is 2.68. The van der Waals surface area contributed by atoms with Gasteiger partial charge < -0.3 is 11.1 Å². The van der Waals surface area contributed by atoms with Crippen LogP contribution < -0.4 is 11.1 Å². The third-order valence-corrected chi connectivity index (χ3v) is 3.82. The van der Waals surface area contributed by atoms with E-state index in [0.29, 0.717) is 17.8 Å². The highest BCUT2D eigenvalue weighted by Gasteiger charge is 2.34. The maximum Gasteiger partial charge on any atom is 0.295 e. The molecule has 2 rings (SSSR count). The smallest absolute Gasteiger partial charge is 0.295 e. The predicted molar refractivity (Wildman–Crippen MR) is 71.7 cm³/mol. The van der Waals surface area contributed by atoms with Crippen LogP contribution in [0.3, 0.4) is 0 Å². The van der Waals surface area contributed by atoms with E-state index >= 15 is 0 Å². The van der Waals surface area contributed by atoms with E-state index in [0.717, 1.165) is 31.7 Å². The van der Waals surface area contributed by atoms with Crippen molar-refractivity contribution in [3.8, 4) is 0 Å². The molecule has 104 valence electrons. The van der Waals surface area contributed by atoms with Crippen molar-refractivity contribution >= 4 is 11.4 Å². The minimum absolute atomic E-state index is 0.233. The molecule has 0 aliphatic heterocycles. The van der Waals surface area contributed by atoms with Crippen LogP contribution in [0.15, 0.2) is 12.1 Å². The van der Waals surface area contributed by atoms with Crippen molar-refractivity contribution in [2.75, 3.05) is 11.9 Å². The normalized spacial score (nSPS) is 17.4. The van der Waals surface area contributed by atoms with Crippen LogP contribution in [-0.4, -0.2) is 17.0 Å². The number of rotatable bonds is 4. The lowest BCUT2D eigenvalue weighted by atomic mass is 9.97. The molecule has 1 aromatic carbocycles. The van der Waals surface area contributed by atoms with Crippen LogP contribution in [0.2, 0.25) is 0 Å². The number of hydrogen-bond acceptors (Lipinski definition) is 4. The van der Waals surface area contributed by atoms with Gasteiger partial charge >= 0.3 is 0 Å². The first-order valence-corrected chi connectivity index (χ1v) is 6.40. The van der Waals surface area contributed by atoms with Gasteiger partial charge in [-0.1, -0.05) is 12.8 Å². The molecule has 0 radical (unpaired) electrons. The summed E-state index contributed by atoms with van der Waals surface area (Å²) in [7, 11) is 0. The summed E-state index contributed by atoms with van der Waals surface area (Å²) in [5, 5.41) is 14.2. The van der Waals surface area contributed by atoms with Crippen molar-refractivity contribution in [1.82, 2.24) is 0 Å². The third-order valence-electron chi connectivity index (χ3n) is 3.82. The number of nitrogens with zero attached hydrogens (tertiary/aromatic N) is 1. The first-order chi connectivity index (χ1) is 8.97. The maximum absolute atomic E-state index is 13.5. The summed E-state index contributed by atoms with van der Waals surface area (Å²) in [6.45, 7) is 2.01. The molecule has 1 aromatic rings. The van der Waals surface area contributed by atoms with Crippen LogP contribution in [0.5, 0.6) is 0 Å². The van der Waals surface area contributed by atoms with Gasteiger partial charge in [0, 0.05) is 12.1 Å². The zero-order valence-corrected chi connectivity index (χ0v) is 10.9. The Morgan fingerprint density at radius 3 is 2.63 bits per heavy atom. The molecule has 6 heteroatoms. The Hall–Kier alpha value is -1.69. The highest BCUT2D eigenvalue weighted by molar-refractivity contribution is 5.64. The van der Waals surface area contributed by atoms with Gasteiger partial charge in [0.05, 0.1) is 11.0 Å². The predicted octanol–water partition coefficient (Wildman–Crippen LogP) is 2.73. The molecule has 1 saturated carbocycles. The lowest BCUT2D eigenvalue weighted by Gasteiger charge is -2.29. The van der Waals surface area contributed by atoms with Crippen LogP contribution in [0, 0.1) is 22.9 Å². The van der Waals surface area contributed by atoms with E-state index < -0.39 is 10.7 Å². The second-order valence-electron chi connectivity index (χ2n) is 5.19. The summed E-state index contributed by atoms with van der Waals surface area (Å²) in [6, 6.07) is 2.46. The van der Waals surface area contributed by atoms with Gasteiger partial charge in [0.1, 0.15) is 11.5 Å². The summed E-state index contributed by atoms with van der Waals surface area (Å²) >= 11 is 0. The molecular formula is C13H18FN3O2. The molecule has 0 aromatic heterocycles. The number of nitro groups is 1. The molecular weight excluding hydrogens is 249 g/mol. The molecule has 0 atom stereocenters. The van der Waals surface area contributed by atoms with Crippen LogP contribution in [0.1, 0.15) is 31.2 Å². The van der Waals surface area contributed by atoms with E-state index in [1.54, 1.807) is 6.92 Å². The van der Waals surface area contributed by atoms with E-state index in [1.807, 2.05) is 0 Å². The highest BCUT2D eigenvalue weighted by Crippen LogP contribution is 2.36. The minimum Gasteiger partial charge on any atom is -0.373 e. The Kier molecular flexibility index (Phi) is 3.71. The van der Waals surface area contributed by atoms with Crippen LogP contribution in [0.4, 0.5) is 15.8 Å². The molecule has 3 N–H and O–H groups in total. The van der Waals surface area contributed by atoms with Crippen molar-refractivity contribution in [2.24, 2.45) is 5.73 Å². The number of nitro benzene ring substituents is 1. The number of benzene rings is 1. The second kappa shape index (κ2) is 5.13. The van der Waals surface area contributed by atoms with Crippen molar-refractivity contribution in [3.05, 3.63) is 33.6 Å². The fourth-order valence-electron chi connectivity index (χ4n) is 2.64. The zero-order valence-electron chi connectivity index (χ0n) is 10.9. The Labute approximate surface area is 111 Å². The first kappa shape index (κ1) is 13.7. The average Bonchev–Trinajstić information content (AvgIpc) is 2.82. The van der Waals surface area contributed by atoms with E-state index in [4.69, 9.17) is 5.73 Å². The van der Waals surface area contributed by atoms with Crippen molar-refractivity contribution < 1.29 is 9.31 Å². The number of nitrogens with two attached hydrogens (primary N) is 1. The molecule has 0 spiro atoms. The summed E-state index contributed by atoms with van der Waals surface area (Å²) in [5.41, 5.74) is 6.02. The van der Waals surface area contributed by atoms with Gasteiger partial charge in [0.25, 0.3) is 5.69 Å². The molecule has 0 heterocycles. The SMILES string of the molecule is Cc1cc(NC2(CN)CCCC2)c([N+](=O)[O-])cc1F. The zero-order chi connectivity index (χ0) is 14.0. The Morgan fingerprint density at radius 2 is 2.11 bits per heavy atom. The van der Waals surface area contributed by atoms with E-state index in [1.165, 1.54) is 6.07 Å². The van der Waals surface area contributed by atoms with E-state index in [2.05, 4.69) is 5.32 Å². The average molecular weight is 267 g/mol. The topological polar surface area (TPSA) is 81.2 Å². The Bertz CT molecular complexity index is 499. The van der Waals surface area contributed by atoms with Gasteiger partial charge in [-0.15, -0.1) is 0 Å². The van der Waals surface area contributed by atoms with Crippen molar-refractivity contribution in [3.63, 3.8) is 0 Å². The van der Waals surface area contributed by atoms with Gasteiger partial charge in [-0.25, -0.2) is 4.39 Å². The lowest BCUT2D eigenvalue weighted by Crippen LogP contribution is -2.42. The summed E-state index contributed by atoms with van der Waals surface area (Å²) in [6.07, 6.45) is 3.88. The molecule has 0 bridgehead atoms. The number of hydrogen-bond donors (Lipinski definition) is 2. The standard InChI is InChI=1S/C13H18FN3O2/c1-9-6-11(12(17(18)19)7-10(9)14)16-13(8-15)4-2-3-5-13/h6-7,16H,2-5,8,15H2,1H3. The molecule has 0 amide bonds. The van der Waals surface area contributed by atoms with Gasteiger partial charge in [-0.2, -0.15) is 0 Å². The van der Waals surface area contributed by atoms with Crippen molar-refractivity contribution in [2.45, 2.75) is 38.1 Å². The lowest BCUT2D eigenvalue weighted by molar-refractivity contribution is -0.384. The van der Waals surface area contributed by atoms with Crippen LogP contribution in [0.25, 0.3) is 0 Å². The Morgan fingerprint density at radius 1 is 1.47 bits per heavy atom. The Balaban J connectivity index is 2.38. The molecule has 1 aliphatic carbocycles. The summed E-state index contributed by atoms with van der Waals surface area (Å²) in [5.74, 6) is -0.564. The first-order valence-electron chi connectivity index (χ1n) is 6.40. The largest absolute Gasteiger partial charge is 0.373 e. The molecule has 0 saturated heterocycles.